The van der Waals surface area contributed by atoms with Crippen LogP contribution in [0, 0.1) is 0 Å². The van der Waals surface area contributed by atoms with Gasteiger partial charge in [-0.05, 0) is 36.3 Å². The zero-order valence-corrected chi connectivity index (χ0v) is 9.02. The number of rotatable bonds is 0. The van der Waals surface area contributed by atoms with Crippen LogP contribution in [0.2, 0.25) is 0 Å². The molecule has 2 aliphatic carbocycles. The number of aliphatic hydroxyl groups is 1. The van der Waals surface area contributed by atoms with Crippen molar-refractivity contribution in [2.24, 2.45) is 0 Å². The highest BCUT2D eigenvalue weighted by atomic mass is 16.3. The van der Waals surface area contributed by atoms with Crippen molar-refractivity contribution in [3.63, 3.8) is 0 Å². The van der Waals surface area contributed by atoms with Crippen molar-refractivity contribution in [3.8, 4) is 0 Å². The Labute approximate surface area is 91.1 Å². The summed E-state index contributed by atoms with van der Waals surface area (Å²) in [6.07, 6.45) is 5.95. The first kappa shape index (κ1) is 9.41. The quantitative estimate of drug-likeness (QED) is 0.685. The van der Waals surface area contributed by atoms with Crippen molar-refractivity contribution in [2.45, 2.75) is 50.0 Å². The Morgan fingerprint density at radius 3 is 2.60 bits per heavy atom. The molecule has 0 spiro atoms. The second kappa shape index (κ2) is 3.64. The lowest BCUT2D eigenvalue weighted by molar-refractivity contribution is 0.100. The molecule has 2 aliphatic rings. The molecule has 0 amide bonds. The molecule has 1 fully saturated rings. The molecule has 0 saturated heterocycles. The molecule has 1 nitrogen and oxygen atoms in total. The summed E-state index contributed by atoms with van der Waals surface area (Å²) in [5.41, 5.74) is 2.95. The molecule has 3 atom stereocenters. The topological polar surface area (TPSA) is 20.2 Å². The first-order chi connectivity index (χ1) is 7.36. The van der Waals surface area contributed by atoms with Gasteiger partial charge < -0.3 is 5.11 Å². The smallest absolute Gasteiger partial charge is 0.0614 e. The molecule has 1 heteroatoms. The molecule has 1 N–H and O–H groups in total. The second-order valence-electron chi connectivity index (χ2n) is 5.02. The minimum absolute atomic E-state index is 0.0924. The molecule has 0 aromatic heterocycles. The Bertz CT molecular complexity index is 358. The normalized spacial score (nSPS) is 34.3. The molecular formula is C14H18O. The Morgan fingerprint density at radius 1 is 1.00 bits per heavy atom. The van der Waals surface area contributed by atoms with Crippen LogP contribution in [0.1, 0.15) is 55.1 Å². The van der Waals surface area contributed by atoms with Crippen LogP contribution in [0.25, 0.3) is 0 Å². The van der Waals surface area contributed by atoms with E-state index in [1.165, 1.54) is 36.8 Å². The van der Waals surface area contributed by atoms with Crippen LogP contribution in [0.15, 0.2) is 24.3 Å². The van der Waals surface area contributed by atoms with Crippen LogP contribution in [0.5, 0.6) is 0 Å². The van der Waals surface area contributed by atoms with Crippen LogP contribution >= 0.6 is 0 Å². The molecule has 0 aliphatic heterocycles. The molecule has 1 aromatic carbocycles. The van der Waals surface area contributed by atoms with E-state index in [0.29, 0.717) is 11.8 Å². The van der Waals surface area contributed by atoms with Crippen LogP contribution in [-0.2, 0) is 0 Å². The maximum Gasteiger partial charge on any atom is 0.0614 e. The van der Waals surface area contributed by atoms with Gasteiger partial charge in [0.05, 0.1) is 6.10 Å². The van der Waals surface area contributed by atoms with Gasteiger partial charge in [-0.25, -0.2) is 0 Å². The Morgan fingerprint density at radius 2 is 1.73 bits per heavy atom. The van der Waals surface area contributed by atoms with Crippen molar-refractivity contribution < 1.29 is 5.11 Å². The first-order valence-corrected chi connectivity index (χ1v) is 6.13. The van der Waals surface area contributed by atoms with Gasteiger partial charge in [-0.1, -0.05) is 37.1 Å². The molecule has 2 bridgehead atoms. The van der Waals surface area contributed by atoms with E-state index < -0.39 is 0 Å². The van der Waals surface area contributed by atoms with Crippen LogP contribution in [0.4, 0.5) is 0 Å². The summed E-state index contributed by atoms with van der Waals surface area (Å²) in [4.78, 5) is 0. The fraction of sp³-hybridized carbons (Fsp3) is 0.571. The van der Waals surface area contributed by atoms with Gasteiger partial charge in [-0.3, -0.25) is 0 Å². The van der Waals surface area contributed by atoms with Crippen LogP contribution < -0.4 is 0 Å². The summed E-state index contributed by atoms with van der Waals surface area (Å²) in [6.45, 7) is 0. The van der Waals surface area contributed by atoms with E-state index in [1.54, 1.807) is 0 Å². The van der Waals surface area contributed by atoms with E-state index in [9.17, 15) is 5.11 Å². The maximum atomic E-state index is 10.2. The highest BCUT2D eigenvalue weighted by Gasteiger charge is 2.34. The predicted octanol–water partition coefficient (Wildman–Crippen LogP) is 3.19. The van der Waals surface area contributed by atoms with Crippen molar-refractivity contribution in [2.75, 3.05) is 0 Å². The van der Waals surface area contributed by atoms with Gasteiger partial charge in [0.25, 0.3) is 0 Å². The molecule has 0 heterocycles. The number of benzene rings is 1. The maximum absolute atomic E-state index is 10.2. The highest BCUT2D eigenvalue weighted by molar-refractivity contribution is 5.37. The van der Waals surface area contributed by atoms with Crippen molar-refractivity contribution in [1.82, 2.24) is 0 Å². The number of hydrogen-bond acceptors (Lipinski definition) is 1. The van der Waals surface area contributed by atoms with E-state index in [0.717, 1.165) is 6.42 Å². The summed E-state index contributed by atoms with van der Waals surface area (Å²) >= 11 is 0. The Balaban J connectivity index is 2.10. The van der Waals surface area contributed by atoms with E-state index in [2.05, 4.69) is 24.3 Å². The highest BCUT2D eigenvalue weighted by Crippen LogP contribution is 2.45. The lowest BCUT2D eigenvalue weighted by Crippen LogP contribution is -2.29. The standard InChI is InChI=1S/C14H18O/c15-14-9-10-5-1-2-8-13(14)12-7-4-3-6-11(10)12/h3-4,6-7,10,13-15H,1-2,5,8-9H2. The SMILES string of the molecule is OC1CC2CCCCC1c1ccccc12. The lowest BCUT2D eigenvalue weighted by Gasteiger charge is -2.38. The van der Waals surface area contributed by atoms with Crippen LogP contribution in [0.3, 0.4) is 0 Å². The largest absolute Gasteiger partial charge is 0.392 e. The molecule has 15 heavy (non-hydrogen) atoms. The third kappa shape index (κ3) is 1.50. The number of aliphatic hydroxyl groups excluding tert-OH is 1. The van der Waals surface area contributed by atoms with Crippen molar-refractivity contribution in [1.29, 1.82) is 0 Å². The minimum Gasteiger partial charge on any atom is -0.392 e. The average molecular weight is 202 g/mol. The fourth-order valence-corrected chi connectivity index (χ4v) is 3.39. The summed E-state index contributed by atoms with van der Waals surface area (Å²) in [5, 5.41) is 10.2. The predicted molar refractivity (Wildman–Crippen MR) is 61.0 cm³/mol. The summed E-state index contributed by atoms with van der Waals surface area (Å²) < 4.78 is 0. The van der Waals surface area contributed by atoms with Gasteiger partial charge in [0, 0.05) is 5.92 Å². The number of hydrogen-bond donors (Lipinski definition) is 1. The minimum atomic E-state index is -0.0924. The lowest BCUT2D eigenvalue weighted by atomic mass is 9.69. The zero-order valence-electron chi connectivity index (χ0n) is 9.02. The first-order valence-electron chi connectivity index (χ1n) is 6.13. The van der Waals surface area contributed by atoms with Crippen molar-refractivity contribution in [3.05, 3.63) is 35.4 Å². The van der Waals surface area contributed by atoms with E-state index in [1.807, 2.05) is 0 Å². The molecule has 80 valence electrons. The van der Waals surface area contributed by atoms with Gasteiger partial charge in [-0.15, -0.1) is 0 Å². The van der Waals surface area contributed by atoms with Gasteiger partial charge in [0.15, 0.2) is 0 Å². The van der Waals surface area contributed by atoms with E-state index >= 15 is 0 Å². The second-order valence-corrected chi connectivity index (χ2v) is 5.02. The Kier molecular flexibility index (Phi) is 2.28. The fourth-order valence-electron chi connectivity index (χ4n) is 3.39. The van der Waals surface area contributed by atoms with Gasteiger partial charge in [-0.2, -0.15) is 0 Å². The molecule has 3 unspecified atom stereocenters. The molecular weight excluding hydrogens is 184 g/mol. The van der Waals surface area contributed by atoms with Gasteiger partial charge in [0.2, 0.25) is 0 Å². The summed E-state index contributed by atoms with van der Waals surface area (Å²) in [7, 11) is 0. The average Bonchev–Trinajstić information content (AvgIpc) is 2.22. The molecule has 1 aromatic rings. The van der Waals surface area contributed by atoms with Gasteiger partial charge >= 0.3 is 0 Å². The zero-order chi connectivity index (χ0) is 10.3. The number of fused-ring (bicyclic) bond motifs is 6. The monoisotopic (exact) mass is 202 g/mol. The molecule has 3 rings (SSSR count). The third-order valence-electron chi connectivity index (χ3n) is 4.14. The van der Waals surface area contributed by atoms with E-state index in [4.69, 9.17) is 0 Å². The third-order valence-corrected chi connectivity index (χ3v) is 4.14. The van der Waals surface area contributed by atoms with Crippen molar-refractivity contribution >= 4 is 0 Å². The van der Waals surface area contributed by atoms with E-state index in [-0.39, 0.29) is 6.10 Å². The summed E-state index contributed by atoms with van der Waals surface area (Å²) in [6, 6.07) is 8.75. The molecule has 0 radical (unpaired) electrons. The van der Waals surface area contributed by atoms with Crippen LogP contribution in [-0.4, -0.2) is 11.2 Å². The van der Waals surface area contributed by atoms with Gasteiger partial charge in [0.1, 0.15) is 0 Å². The summed E-state index contributed by atoms with van der Waals surface area (Å²) in [5.74, 6) is 1.03. The molecule has 1 saturated carbocycles. The Hall–Kier alpha value is -0.820.